The monoisotopic (exact) mass is 233 g/mol. The molecule has 1 saturated heterocycles. The fourth-order valence-corrected chi connectivity index (χ4v) is 2.64. The average molecular weight is 233 g/mol. The first-order chi connectivity index (χ1) is 8.31. The van der Waals surface area contributed by atoms with E-state index in [2.05, 4.69) is 22.1 Å². The highest BCUT2D eigenvalue weighted by molar-refractivity contribution is 5.98. The number of amides is 1. The van der Waals surface area contributed by atoms with Gasteiger partial charge in [-0.3, -0.25) is 9.78 Å². The molecule has 0 spiro atoms. The summed E-state index contributed by atoms with van der Waals surface area (Å²) >= 11 is 0. The van der Waals surface area contributed by atoms with Crippen LogP contribution in [0.15, 0.2) is 18.5 Å². The number of rotatable bonds is 1. The lowest BCUT2D eigenvalue weighted by molar-refractivity contribution is -0.120. The minimum Gasteiger partial charge on any atom is -0.378 e. The zero-order chi connectivity index (χ0) is 11.8. The lowest BCUT2D eigenvalue weighted by atomic mass is 10.0. The molecule has 2 atom stereocenters. The van der Waals surface area contributed by atoms with Crippen LogP contribution in [0.5, 0.6) is 0 Å². The third-order valence-corrected chi connectivity index (χ3v) is 3.49. The molecule has 2 unspecified atom stereocenters. The summed E-state index contributed by atoms with van der Waals surface area (Å²) < 4.78 is 5.45. The Morgan fingerprint density at radius 1 is 1.59 bits per heavy atom. The van der Waals surface area contributed by atoms with Crippen LogP contribution in [0, 0.1) is 5.92 Å². The molecule has 1 aromatic heterocycles. The molecule has 2 aliphatic heterocycles. The standard InChI is InChI=1S/C12H15N3O2/c1-2-15-10-3-4-13-5-9(10)14-12(16)8-6-17-7-11(8)15/h3-5,8,11H,2,6-7H2,1H3,(H,14,16). The molecule has 5 heteroatoms. The van der Waals surface area contributed by atoms with E-state index in [-0.39, 0.29) is 17.9 Å². The van der Waals surface area contributed by atoms with Crippen LogP contribution in [0.2, 0.25) is 0 Å². The smallest absolute Gasteiger partial charge is 0.232 e. The zero-order valence-corrected chi connectivity index (χ0v) is 9.72. The molecule has 3 heterocycles. The Morgan fingerprint density at radius 2 is 2.47 bits per heavy atom. The first-order valence-electron chi connectivity index (χ1n) is 5.90. The number of hydrogen-bond donors (Lipinski definition) is 1. The number of nitrogens with one attached hydrogen (secondary N) is 1. The van der Waals surface area contributed by atoms with Crippen LogP contribution in [0.4, 0.5) is 11.4 Å². The molecule has 0 aromatic carbocycles. The van der Waals surface area contributed by atoms with Gasteiger partial charge in [-0.2, -0.15) is 0 Å². The van der Waals surface area contributed by atoms with Gasteiger partial charge in [-0.25, -0.2) is 0 Å². The van der Waals surface area contributed by atoms with Crippen molar-refractivity contribution >= 4 is 17.3 Å². The van der Waals surface area contributed by atoms with Crippen LogP contribution in [-0.2, 0) is 9.53 Å². The van der Waals surface area contributed by atoms with Crippen LogP contribution < -0.4 is 10.2 Å². The van der Waals surface area contributed by atoms with Crippen LogP contribution in [-0.4, -0.2) is 36.7 Å². The number of carbonyl (C=O) groups is 1. The minimum absolute atomic E-state index is 0.0395. The summed E-state index contributed by atoms with van der Waals surface area (Å²) in [6, 6.07) is 2.09. The third kappa shape index (κ3) is 1.58. The Hall–Kier alpha value is -1.62. The Morgan fingerprint density at radius 3 is 3.29 bits per heavy atom. The Kier molecular flexibility index (Phi) is 2.48. The van der Waals surface area contributed by atoms with Gasteiger partial charge in [0.05, 0.1) is 42.7 Å². The van der Waals surface area contributed by atoms with E-state index in [9.17, 15) is 4.79 Å². The number of ether oxygens (including phenoxy) is 1. The van der Waals surface area contributed by atoms with Gasteiger partial charge in [-0.1, -0.05) is 0 Å². The van der Waals surface area contributed by atoms with E-state index >= 15 is 0 Å². The van der Waals surface area contributed by atoms with Crippen LogP contribution in [0.1, 0.15) is 6.92 Å². The maximum atomic E-state index is 12.1. The summed E-state index contributed by atoms with van der Waals surface area (Å²) in [6.07, 6.45) is 3.46. The maximum absolute atomic E-state index is 12.1. The van der Waals surface area contributed by atoms with E-state index in [1.54, 1.807) is 12.4 Å². The van der Waals surface area contributed by atoms with Crippen LogP contribution in [0.25, 0.3) is 0 Å². The fraction of sp³-hybridized carbons (Fsp3) is 0.500. The van der Waals surface area contributed by atoms with E-state index in [1.807, 2.05) is 6.07 Å². The van der Waals surface area contributed by atoms with E-state index < -0.39 is 0 Å². The zero-order valence-electron chi connectivity index (χ0n) is 9.72. The van der Waals surface area contributed by atoms with Crippen molar-refractivity contribution < 1.29 is 9.53 Å². The first-order valence-corrected chi connectivity index (χ1v) is 5.90. The number of carbonyl (C=O) groups excluding carboxylic acids is 1. The molecule has 2 aliphatic rings. The molecule has 0 radical (unpaired) electrons. The largest absolute Gasteiger partial charge is 0.378 e. The molecule has 1 aromatic rings. The number of aromatic nitrogens is 1. The molecule has 0 bridgehead atoms. The van der Waals surface area contributed by atoms with Gasteiger partial charge in [0.15, 0.2) is 0 Å². The summed E-state index contributed by atoms with van der Waals surface area (Å²) in [5.41, 5.74) is 1.84. The van der Waals surface area contributed by atoms with Crippen molar-refractivity contribution in [3.63, 3.8) is 0 Å². The number of nitrogens with zero attached hydrogens (tertiary/aromatic N) is 2. The molecule has 0 saturated carbocycles. The van der Waals surface area contributed by atoms with Crippen molar-refractivity contribution in [1.29, 1.82) is 0 Å². The lowest BCUT2D eigenvalue weighted by Crippen LogP contribution is -2.42. The van der Waals surface area contributed by atoms with Crippen molar-refractivity contribution in [3.8, 4) is 0 Å². The van der Waals surface area contributed by atoms with Gasteiger partial charge in [0.2, 0.25) is 5.91 Å². The van der Waals surface area contributed by atoms with E-state index in [0.29, 0.717) is 13.2 Å². The molecule has 1 N–H and O–H groups in total. The summed E-state index contributed by atoms with van der Waals surface area (Å²) in [5, 5.41) is 2.94. The van der Waals surface area contributed by atoms with Gasteiger partial charge in [-0.05, 0) is 13.0 Å². The van der Waals surface area contributed by atoms with Crippen molar-refractivity contribution in [1.82, 2.24) is 4.98 Å². The van der Waals surface area contributed by atoms with Crippen molar-refractivity contribution in [2.45, 2.75) is 13.0 Å². The van der Waals surface area contributed by atoms with Gasteiger partial charge in [-0.15, -0.1) is 0 Å². The predicted octanol–water partition coefficient (Wildman–Crippen LogP) is 0.875. The lowest BCUT2D eigenvalue weighted by Gasteiger charge is -2.29. The number of hydrogen-bond acceptors (Lipinski definition) is 4. The van der Waals surface area contributed by atoms with Gasteiger partial charge < -0.3 is 15.0 Å². The number of pyridine rings is 1. The second kappa shape index (κ2) is 4.00. The Balaban J connectivity index is 2.08. The van der Waals surface area contributed by atoms with E-state index in [4.69, 9.17) is 4.74 Å². The van der Waals surface area contributed by atoms with Crippen LogP contribution in [0.3, 0.4) is 0 Å². The van der Waals surface area contributed by atoms with E-state index in [0.717, 1.165) is 17.9 Å². The summed E-state index contributed by atoms with van der Waals surface area (Å²) in [5.74, 6) is -0.0416. The minimum atomic E-state index is -0.0812. The highest BCUT2D eigenvalue weighted by Crippen LogP contribution is 2.34. The molecule has 1 fully saturated rings. The van der Waals surface area contributed by atoms with Crippen LogP contribution >= 0.6 is 0 Å². The molecule has 90 valence electrons. The SMILES string of the molecule is CCN1c2ccncc2NC(=O)C2COCC21. The molecular formula is C12H15N3O2. The molecular weight excluding hydrogens is 218 g/mol. The summed E-state index contributed by atoms with van der Waals surface area (Å²) in [4.78, 5) is 18.4. The second-order valence-corrected chi connectivity index (χ2v) is 4.38. The van der Waals surface area contributed by atoms with Gasteiger partial charge >= 0.3 is 0 Å². The topological polar surface area (TPSA) is 54.5 Å². The van der Waals surface area contributed by atoms with Crippen molar-refractivity contribution in [2.75, 3.05) is 30.0 Å². The number of fused-ring (bicyclic) bond motifs is 2. The highest BCUT2D eigenvalue weighted by Gasteiger charge is 2.40. The van der Waals surface area contributed by atoms with Gasteiger partial charge in [0, 0.05) is 12.7 Å². The van der Waals surface area contributed by atoms with Crippen molar-refractivity contribution in [2.24, 2.45) is 5.92 Å². The summed E-state index contributed by atoms with van der Waals surface area (Å²) in [7, 11) is 0. The molecule has 17 heavy (non-hydrogen) atoms. The maximum Gasteiger partial charge on any atom is 0.232 e. The number of likely N-dealkylation sites (N-methyl/N-ethyl adjacent to an activating group) is 1. The molecule has 5 nitrogen and oxygen atoms in total. The Bertz CT molecular complexity index is 449. The van der Waals surface area contributed by atoms with Gasteiger partial charge in [0.1, 0.15) is 0 Å². The van der Waals surface area contributed by atoms with Gasteiger partial charge in [0.25, 0.3) is 0 Å². The normalized spacial score (nSPS) is 27.1. The molecule has 1 amide bonds. The van der Waals surface area contributed by atoms with E-state index in [1.165, 1.54) is 0 Å². The number of anilines is 2. The van der Waals surface area contributed by atoms with Crippen molar-refractivity contribution in [3.05, 3.63) is 18.5 Å². The highest BCUT2D eigenvalue weighted by atomic mass is 16.5. The average Bonchev–Trinajstić information content (AvgIpc) is 2.77. The Labute approximate surface area is 99.8 Å². The predicted molar refractivity (Wildman–Crippen MR) is 64.0 cm³/mol. The third-order valence-electron chi connectivity index (χ3n) is 3.49. The fourth-order valence-electron chi connectivity index (χ4n) is 2.64. The molecule has 3 rings (SSSR count). The quantitative estimate of drug-likeness (QED) is 0.782. The first kappa shape index (κ1) is 10.5. The second-order valence-electron chi connectivity index (χ2n) is 4.38. The summed E-state index contributed by atoms with van der Waals surface area (Å²) in [6.45, 7) is 4.08. The molecule has 0 aliphatic carbocycles.